The van der Waals surface area contributed by atoms with Gasteiger partial charge in [0, 0.05) is 26.1 Å². The second kappa shape index (κ2) is 6.09. The van der Waals surface area contributed by atoms with E-state index in [4.69, 9.17) is 0 Å². The maximum atomic E-state index is 12.7. The molecule has 1 heterocycles. The van der Waals surface area contributed by atoms with Gasteiger partial charge in [-0.2, -0.15) is 0 Å². The van der Waals surface area contributed by atoms with E-state index < -0.39 is 0 Å². The summed E-state index contributed by atoms with van der Waals surface area (Å²) in [7, 11) is 2.10. The maximum absolute atomic E-state index is 12.7. The van der Waals surface area contributed by atoms with Crippen molar-refractivity contribution < 1.29 is 4.79 Å². The third-order valence-corrected chi connectivity index (χ3v) is 4.06. The van der Waals surface area contributed by atoms with Crippen LogP contribution in [-0.4, -0.2) is 26.0 Å². The fraction of sp³-hybridized carbons (Fsp3) is 0.562. The van der Waals surface area contributed by atoms with Gasteiger partial charge in [-0.05, 0) is 31.4 Å². The first-order chi connectivity index (χ1) is 9.19. The number of anilines is 2. The molecule has 0 aliphatic carbocycles. The number of carbonyl (C=O) groups excluding carboxylic acids is 1. The average molecular weight is 260 g/mol. The lowest BCUT2D eigenvalue weighted by molar-refractivity contribution is -0.122. The number of benzene rings is 1. The Morgan fingerprint density at radius 2 is 1.79 bits per heavy atom. The van der Waals surface area contributed by atoms with Crippen LogP contribution in [0.4, 0.5) is 11.4 Å². The van der Waals surface area contributed by atoms with Crippen LogP contribution in [0.25, 0.3) is 0 Å². The molecular weight excluding hydrogens is 236 g/mol. The fourth-order valence-corrected chi connectivity index (χ4v) is 2.81. The first kappa shape index (κ1) is 13.9. The van der Waals surface area contributed by atoms with Gasteiger partial charge in [0.15, 0.2) is 0 Å². The Labute approximate surface area is 116 Å². The van der Waals surface area contributed by atoms with Gasteiger partial charge in [0.25, 0.3) is 0 Å². The van der Waals surface area contributed by atoms with Crippen LogP contribution in [0.3, 0.4) is 0 Å². The minimum atomic E-state index is 0.150. The Hall–Kier alpha value is -1.51. The highest BCUT2D eigenvalue weighted by Gasteiger charge is 2.26. The number of rotatable bonds is 3. The monoisotopic (exact) mass is 260 g/mol. The van der Waals surface area contributed by atoms with Gasteiger partial charge in [0.05, 0.1) is 11.4 Å². The van der Waals surface area contributed by atoms with Gasteiger partial charge >= 0.3 is 0 Å². The zero-order valence-electron chi connectivity index (χ0n) is 12.2. The van der Waals surface area contributed by atoms with Crippen molar-refractivity contribution in [1.82, 2.24) is 0 Å². The minimum Gasteiger partial charge on any atom is -0.373 e. The number of fused-ring (bicyclic) bond motifs is 1. The van der Waals surface area contributed by atoms with Gasteiger partial charge in [-0.15, -0.1) is 0 Å². The number of amides is 1. The lowest BCUT2D eigenvalue weighted by Crippen LogP contribution is -2.36. The topological polar surface area (TPSA) is 23.6 Å². The van der Waals surface area contributed by atoms with Gasteiger partial charge in [0.2, 0.25) is 5.91 Å². The van der Waals surface area contributed by atoms with E-state index in [9.17, 15) is 4.79 Å². The fourth-order valence-electron chi connectivity index (χ4n) is 2.81. The van der Waals surface area contributed by atoms with Gasteiger partial charge in [-0.3, -0.25) is 4.79 Å². The predicted octanol–water partition coefficient (Wildman–Crippen LogP) is 3.30. The van der Waals surface area contributed by atoms with Crippen LogP contribution in [0.2, 0.25) is 0 Å². The summed E-state index contributed by atoms with van der Waals surface area (Å²) in [5.41, 5.74) is 2.23. The number of carbonyl (C=O) groups is 1. The van der Waals surface area contributed by atoms with E-state index in [2.05, 4.69) is 37.9 Å². The van der Waals surface area contributed by atoms with E-state index in [1.54, 1.807) is 0 Å². The van der Waals surface area contributed by atoms with Crippen molar-refractivity contribution in [2.75, 3.05) is 29.9 Å². The molecule has 0 atom stereocenters. The van der Waals surface area contributed by atoms with E-state index >= 15 is 0 Å². The van der Waals surface area contributed by atoms with E-state index in [-0.39, 0.29) is 11.8 Å². The van der Waals surface area contributed by atoms with Crippen LogP contribution in [-0.2, 0) is 4.79 Å². The Kier molecular flexibility index (Phi) is 4.46. The average Bonchev–Trinajstić information content (AvgIpc) is 2.60. The molecule has 0 bridgehead atoms. The van der Waals surface area contributed by atoms with E-state index in [0.29, 0.717) is 0 Å². The molecular formula is C16H24N2O. The highest BCUT2D eigenvalue weighted by molar-refractivity contribution is 5.98. The highest BCUT2D eigenvalue weighted by Crippen LogP contribution is 2.32. The molecule has 0 aromatic heterocycles. The van der Waals surface area contributed by atoms with Crippen LogP contribution in [0.5, 0.6) is 0 Å². The quantitative estimate of drug-likeness (QED) is 0.832. The molecule has 0 N–H and O–H groups in total. The molecule has 0 fully saturated rings. The van der Waals surface area contributed by atoms with Gasteiger partial charge < -0.3 is 9.80 Å². The molecule has 1 aliphatic rings. The van der Waals surface area contributed by atoms with Crippen LogP contribution in [0.1, 0.15) is 33.1 Å². The number of nitrogens with zero attached hydrogens (tertiary/aromatic N) is 2. The molecule has 1 aromatic rings. The predicted molar refractivity (Wildman–Crippen MR) is 80.8 cm³/mol. The SMILES string of the molecule is CCC(CC)C(=O)N1CCCN(C)c2ccccc21. The molecule has 104 valence electrons. The van der Waals surface area contributed by atoms with Crippen molar-refractivity contribution in [3.8, 4) is 0 Å². The van der Waals surface area contributed by atoms with E-state index in [1.165, 1.54) is 5.69 Å². The molecule has 3 nitrogen and oxygen atoms in total. The molecule has 0 saturated heterocycles. The summed E-state index contributed by atoms with van der Waals surface area (Å²) in [6.45, 7) is 6.03. The molecule has 3 heteroatoms. The van der Waals surface area contributed by atoms with E-state index in [0.717, 1.165) is 38.0 Å². The standard InChI is InChI=1S/C16H24N2O/c1-4-13(5-2)16(19)18-12-8-11-17(3)14-9-6-7-10-15(14)18/h6-7,9-10,13H,4-5,8,11-12H2,1-3H3. The third-order valence-electron chi connectivity index (χ3n) is 4.06. The minimum absolute atomic E-state index is 0.150. The Morgan fingerprint density at radius 3 is 2.42 bits per heavy atom. The largest absolute Gasteiger partial charge is 0.373 e. The number of hydrogen-bond acceptors (Lipinski definition) is 2. The second-order valence-electron chi connectivity index (χ2n) is 5.27. The Balaban J connectivity index is 2.35. The molecule has 1 amide bonds. The van der Waals surface area contributed by atoms with E-state index in [1.807, 2.05) is 17.0 Å². The summed E-state index contributed by atoms with van der Waals surface area (Å²) in [5, 5.41) is 0. The number of hydrogen-bond donors (Lipinski definition) is 0. The lowest BCUT2D eigenvalue weighted by Gasteiger charge is -2.27. The first-order valence-corrected chi connectivity index (χ1v) is 7.30. The lowest BCUT2D eigenvalue weighted by atomic mass is 10.0. The van der Waals surface area contributed by atoms with Crippen molar-refractivity contribution in [3.63, 3.8) is 0 Å². The summed E-state index contributed by atoms with van der Waals surface area (Å²) in [4.78, 5) is 16.9. The normalized spacial score (nSPS) is 15.4. The molecule has 0 unspecified atom stereocenters. The maximum Gasteiger partial charge on any atom is 0.230 e. The van der Waals surface area contributed by atoms with Crippen molar-refractivity contribution in [1.29, 1.82) is 0 Å². The first-order valence-electron chi connectivity index (χ1n) is 7.30. The van der Waals surface area contributed by atoms with Crippen molar-refractivity contribution in [2.45, 2.75) is 33.1 Å². The summed E-state index contributed by atoms with van der Waals surface area (Å²) >= 11 is 0. The summed E-state index contributed by atoms with van der Waals surface area (Å²) in [6.07, 6.45) is 2.87. The molecule has 19 heavy (non-hydrogen) atoms. The van der Waals surface area contributed by atoms with Crippen LogP contribution in [0.15, 0.2) is 24.3 Å². The summed E-state index contributed by atoms with van der Waals surface area (Å²) in [6, 6.07) is 8.23. The molecule has 0 radical (unpaired) electrons. The summed E-state index contributed by atoms with van der Waals surface area (Å²) < 4.78 is 0. The van der Waals surface area contributed by atoms with Gasteiger partial charge in [-0.1, -0.05) is 26.0 Å². The molecule has 0 saturated carbocycles. The summed E-state index contributed by atoms with van der Waals surface area (Å²) in [5.74, 6) is 0.434. The Morgan fingerprint density at radius 1 is 1.16 bits per heavy atom. The second-order valence-corrected chi connectivity index (χ2v) is 5.27. The highest BCUT2D eigenvalue weighted by atomic mass is 16.2. The van der Waals surface area contributed by atoms with Crippen molar-refractivity contribution in [2.24, 2.45) is 5.92 Å². The van der Waals surface area contributed by atoms with Crippen LogP contribution >= 0.6 is 0 Å². The smallest absolute Gasteiger partial charge is 0.230 e. The van der Waals surface area contributed by atoms with Gasteiger partial charge in [-0.25, -0.2) is 0 Å². The van der Waals surface area contributed by atoms with Gasteiger partial charge in [0.1, 0.15) is 0 Å². The zero-order chi connectivity index (χ0) is 13.8. The van der Waals surface area contributed by atoms with Crippen LogP contribution < -0.4 is 9.80 Å². The zero-order valence-corrected chi connectivity index (χ0v) is 12.2. The number of para-hydroxylation sites is 2. The molecule has 0 spiro atoms. The molecule has 1 aromatic carbocycles. The third kappa shape index (κ3) is 2.75. The van der Waals surface area contributed by atoms with Crippen LogP contribution in [0, 0.1) is 5.92 Å². The Bertz CT molecular complexity index is 440. The molecule has 2 rings (SSSR count). The molecule has 1 aliphatic heterocycles. The van der Waals surface area contributed by atoms with Crippen molar-refractivity contribution in [3.05, 3.63) is 24.3 Å². The van der Waals surface area contributed by atoms with Crippen molar-refractivity contribution >= 4 is 17.3 Å².